The third kappa shape index (κ3) is 2.09. The van der Waals surface area contributed by atoms with E-state index in [0.29, 0.717) is 0 Å². The molecule has 2 rings (SSSR count). The van der Waals surface area contributed by atoms with Gasteiger partial charge in [-0.15, -0.1) is 0 Å². The van der Waals surface area contributed by atoms with E-state index in [9.17, 15) is 9.90 Å². The van der Waals surface area contributed by atoms with Crippen LogP contribution in [0.25, 0.3) is 10.9 Å². The summed E-state index contributed by atoms with van der Waals surface area (Å²) in [7, 11) is 1.87. The van der Waals surface area contributed by atoms with Crippen molar-refractivity contribution in [3.05, 3.63) is 30.0 Å². The van der Waals surface area contributed by atoms with E-state index >= 15 is 0 Å². The number of hydrogen-bond acceptors (Lipinski definition) is 3. The smallest absolute Gasteiger partial charge is 0.320 e. The Hall–Kier alpha value is -2.01. The zero-order valence-corrected chi connectivity index (χ0v) is 9.42. The number of benzene rings is 1. The fraction of sp³-hybridized carbons (Fsp3) is 0.250. The van der Waals surface area contributed by atoms with Crippen molar-refractivity contribution in [2.75, 3.05) is 0 Å². The van der Waals surface area contributed by atoms with E-state index < -0.39 is 12.0 Å². The van der Waals surface area contributed by atoms with Crippen LogP contribution in [0.2, 0.25) is 0 Å². The molecule has 17 heavy (non-hydrogen) atoms. The van der Waals surface area contributed by atoms with Crippen molar-refractivity contribution in [3.63, 3.8) is 0 Å². The number of nitrogens with zero attached hydrogens (tertiary/aromatic N) is 1. The van der Waals surface area contributed by atoms with Crippen molar-refractivity contribution < 1.29 is 15.0 Å². The molecular weight excluding hydrogens is 220 g/mol. The molecule has 2 aromatic rings. The minimum absolute atomic E-state index is 0.161. The van der Waals surface area contributed by atoms with Crippen LogP contribution in [0.1, 0.15) is 5.56 Å². The van der Waals surface area contributed by atoms with Crippen LogP contribution in [0.15, 0.2) is 24.4 Å². The lowest BCUT2D eigenvalue weighted by molar-refractivity contribution is -0.138. The number of phenolic OH excluding ortho intramolecular Hbond substituents is 1. The summed E-state index contributed by atoms with van der Waals surface area (Å²) in [5.74, 6) is -0.865. The molecule has 0 saturated heterocycles. The molecule has 1 aromatic heterocycles. The van der Waals surface area contributed by atoms with Crippen molar-refractivity contribution in [2.24, 2.45) is 12.8 Å². The van der Waals surface area contributed by atoms with Gasteiger partial charge in [-0.3, -0.25) is 4.79 Å². The molecule has 0 radical (unpaired) electrons. The van der Waals surface area contributed by atoms with Gasteiger partial charge in [-0.05, 0) is 23.8 Å². The van der Waals surface area contributed by atoms with Crippen LogP contribution >= 0.6 is 0 Å². The van der Waals surface area contributed by atoms with Gasteiger partial charge in [0.2, 0.25) is 0 Å². The monoisotopic (exact) mass is 234 g/mol. The number of aliphatic carboxylic acids is 1. The molecule has 1 atom stereocenters. The molecule has 0 aliphatic heterocycles. The summed E-state index contributed by atoms with van der Waals surface area (Å²) in [6.45, 7) is 0. The highest BCUT2D eigenvalue weighted by Crippen LogP contribution is 2.25. The second-order valence-corrected chi connectivity index (χ2v) is 4.12. The molecule has 4 N–H and O–H groups in total. The second-order valence-electron chi connectivity index (χ2n) is 4.12. The molecule has 0 amide bonds. The van der Waals surface area contributed by atoms with Gasteiger partial charge in [0, 0.05) is 30.6 Å². The molecule has 0 fully saturated rings. The molecule has 0 saturated carbocycles. The van der Waals surface area contributed by atoms with E-state index in [0.717, 1.165) is 16.5 Å². The van der Waals surface area contributed by atoms with Gasteiger partial charge in [-0.1, -0.05) is 0 Å². The van der Waals surface area contributed by atoms with Gasteiger partial charge in [-0.2, -0.15) is 0 Å². The second kappa shape index (κ2) is 4.10. The number of nitrogens with two attached hydrogens (primary N) is 1. The Morgan fingerprint density at radius 3 is 2.88 bits per heavy atom. The maximum absolute atomic E-state index is 10.7. The number of hydrogen-bond donors (Lipinski definition) is 3. The summed E-state index contributed by atoms with van der Waals surface area (Å²) in [6, 6.07) is 4.09. The maximum atomic E-state index is 10.7. The molecular formula is C12H14N2O3. The lowest BCUT2D eigenvalue weighted by Crippen LogP contribution is -2.32. The van der Waals surface area contributed by atoms with Crippen LogP contribution in [-0.2, 0) is 18.3 Å². The molecule has 0 aliphatic carbocycles. The van der Waals surface area contributed by atoms with Gasteiger partial charge < -0.3 is 20.5 Å². The molecule has 1 unspecified atom stereocenters. The number of aromatic nitrogens is 1. The van der Waals surface area contributed by atoms with Crippen molar-refractivity contribution in [1.82, 2.24) is 4.57 Å². The predicted octanol–water partition coefficient (Wildman–Crippen LogP) is 0.838. The average Bonchev–Trinajstić information content (AvgIpc) is 2.55. The molecule has 0 bridgehead atoms. The first-order valence-electron chi connectivity index (χ1n) is 5.24. The molecule has 0 aliphatic rings. The number of carboxylic acids is 1. The predicted molar refractivity (Wildman–Crippen MR) is 63.9 cm³/mol. The number of aryl methyl sites for hydroxylation is 1. The summed E-state index contributed by atoms with van der Waals surface area (Å²) in [6.07, 6.45) is 2.09. The number of rotatable bonds is 3. The Bertz CT molecular complexity index is 574. The minimum Gasteiger partial charge on any atom is -0.508 e. The van der Waals surface area contributed by atoms with Crippen LogP contribution < -0.4 is 5.73 Å². The first-order chi connectivity index (χ1) is 7.99. The lowest BCUT2D eigenvalue weighted by atomic mass is 10.1. The van der Waals surface area contributed by atoms with E-state index in [1.807, 2.05) is 17.8 Å². The summed E-state index contributed by atoms with van der Waals surface area (Å²) in [5, 5.41) is 19.1. The Morgan fingerprint density at radius 1 is 1.53 bits per heavy atom. The third-order valence-electron chi connectivity index (χ3n) is 2.81. The van der Waals surface area contributed by atoms with Crippen molar-refractivity contribution in [2.45, 2.75) is 12.5 Å². The van der Waals surface area contributed by atoms with E-state index in [4.69, 9.17) is 10.8 Å². The van der Waals surface area contributed by atoms with Gasteiger partial charge in [0.15, 0.2) is 0 Å². The lowest BCUT2D eigenvalue weighted by Gasteiger charge is -2.04. The quantitative estimate of drug-likeness (QED) is 0.734. The Kier molecular flexibility index (Phi) is 2.77. The average molecular weight is 234 g/mol. The van der Waals surface area contributed by atoms with Gasteiger partial charge in [0.05, 0.1) is 0 Å². The molecule has 1 heterocycles. The van der Waals surface area contributed by atoms with Gasteiger partial charge in [0.1, 0.15) is 11.8 Å². The van der Waals surface area contributed by atoms with E-state index in [1.165, 1.54) is 0 Å². The Morgan fingerprint density at radius 2 is 2.24 bits per heavy atom. The number of aromatic hydroxyl groups is 1. The highest BCUT2D eigenvalue weighted by Gasteiger charge is 2.15. The summed E-state index contributed by atoms with van der Waals surface area (Å²) in [4.78, 5) is 10.7. The number of carbonyl (C=O) groups is 1. The first kappa shape index (κ1) is 11.5. The van der Waals surface area contributed by atoms with Crippen LogP contribution in [0.5, 0.6) is 5.75 Å². The van der Waals surface area contributed by atoms with Gasteiger partial charge >= 0.3 is 5.97 Å². The maximum Gasteiger partial charge on any atom is 0.320 e. The summed E-state index contributed by atoms with van der Waals surface area (Å²) in [5.41, 5.74) is 7.28. The van der Waals surface area contributed by atoms with Crippen molar-refractivity contribution >= 4 is 16.9 Å². The topological polar surface area (TPSA) is 88.5 Å². The van der Waals surface area contributed by atoms with Crippen LogP contribution in [0.3, 0.4) is 0 Å². The number of carboxylic acid groups (broad SMARTS) is 1. The fourth-order valence-corrected chi connectivity index (χ4v) is 1.95. The SMILES string of the molecule is Cn1cc(CC(N)C(=O)O)c2cc(O)ccc21. The van der Waals surface area contributed by atoms with Crippen LogP contribution in [-0.4, -0.2) is 26.8 Å². The van der Waals surface area contributed by atoms with Crippen LogP contribution in [0.4, 0.5) is 0 Å². The molecule has 5 nitrogen and oxygen atoms in total. The molecule has 0 spiro atoms. The first-order valence-corrected chi connectivity index (χ1v) is 5.24. The standard InChI is InChI=1S/C12H14N2O3/c1-14-6-7(4-10(13)12(16)17)9-5-8(15)2-3-11(9)14/h2-3,5-6,10,15H,4,13H2,1H3,(H,16,17). The largest absolute Gasteiger partial charge is 0.508 e. The Balaban J connectivity index is 2.47. The van der Waals surface area contributed by atoms with Gasteiger partial charge in [-0.25, -0.2) is 0 Å². The summed E-state index contributed by atoms with van der Waals surface area (Å²) < 4.78 is 1.89. The van der Waals surface area contributed by atoms with Crippen molar-refractivity contribution in [3.8, 4) is 5.75 Å². The van der Waals surface area contributed by atoms with E-state index in [1.54, 1.807) is 18.2 Å². The summed E-state index contributed by atoms with van der Waals surface area (Å²) >= 11 is 0. The molecule has 5 heteroatoms. The number of fused-ring (bicyclic) bond motifs is 1. The van der Waals surface area contributed by atoms with E-state index in [-0.39, 0.29) is 12.2 Å². The highest BCUT2D eigenvalue weighted by molar-refractivity contribution is 5.86. The van der Waals surface area contributed by atoms with Gasteiger partial charge in [0.25, 0.3) is 0 Å². The minimum atomic E-state index is -1.03. The number of phenols is 1. The normalized spacial score (nSPS) is 12.8. The highest BCUT2D eigenvalue weighted by atomic mass is 16.4. The fourth-order valence-electron chi connectivity index (χ4n) is 1.95. The zero-order chi connectivity index (χ0) is 12.6. The third-order valence-corrected chi connectivity index (χ3v) is 2.81. The molecule has 1 aromatic carbocycles. The zero-order valence-electron chi connectivity index (χ0n) is 9.42. The molecule has 90 valence electrons. The Labute approximate surface area is 98.1 Å². The van der Waals surface area contributed by atoms with E-state index in [2.05, 4.69) is 0 Å². The van der Waals surface area contributed by atoms with Crippen molar-refractivity contribution in [1.29, 1.82) is 0 Å². The van der Waals surface area contributed by atoms with Crippen LogP contribution in [0, 0.1) is 0 Å².